The number of carbonyl (C=O) groups excluding carboxylic acids is 2. The van der Waals surface area contributed by atoms with E-state index in [2.05, 4.69) is 11.2 Å². The Morgan fingerprint density at radius 3 is 2.64 bits per heavy atom. The number of carboxylic acids is 1. The van der Waals surface area contributed by atoms with E-state index in [9.17, 15) is 14.7 Å². The fourth-order valence-electron chi connectivity index (χ4n) is 0.341. The van der Waals surface area contributed by atoms with Gasteiger partial charge in [-0.15, -0.1) is 6.42 Å². The van der Waals surface area contributed by atoms with Crippen LogP contribution in [0, 0.1) is 12.3 Å². The van der Waals surface area contributed by atoms with Crippen molar-refractivity contribution in [3.63, 3.8) is 0 Å². The molecule has 0 spiro atoms. The van der Waals surface area contributed by atoms with E-state index in [1.54, 1.807) is 0 Å². The summed E-state index contributed by atoms with van der Waals surface area (Å²) in [6.45, 7) is 0.0796. The Hall–Kier alpha value is -1.76. The molecule has 4 heteroatoms. The number of carbonyl (C=O) groups is 2. The van der Waals surface area contributed by atoms with E-state index in [0.717, 1.165) is 6.08 Å². The minimum atomic E-state index is -1.42. The second-order valence-electron chi connectivity index (χ2n) is 1.57. The van der Waals surface area contributed by atoms with Crippen molar-refractivity contribution >= 4 is 11.9 Å². The van der Waals surface area contributed by atoms with Crippen molar-refractivity contribution in [3.8, 4) is 12.3 Å². The first-order valence-electron chi connectivity index (χ1n) is 2.77. The molecule has 0 radical (unpaired) electrons. The lowest BCUT2D eigenvalue weighted by Crippen LogP contribution is -2.23. The number of carboxylic acid groups (broad SMARTS) is 1. The van der Waals surface area contributed by atoms with Gasteiger partial charge in [0.25, 0.3) is 0 Å². The largest absolute Gasteiger partial charge is 0.545 e. The van der Waals surface area contributed by atoms with Gasteiger partial charge < -0.3 is 15.2 Å². The minimum absolute atomic E-state index is 0.0796. The molecule has 0 aliphatic rings. The van der Waals surface area contributed by atoms with Crippen molar-refractivity contribution in [1.29, 1.82) is 0 Å². The molecule has 0 bridgehead atoms. The molecule has 0 saturated heterocycles. The number of amides is 1. The molecule has 58 valence electrons. The van der Waals surface area contributed by atoms with E-state index in [0.29, 0.717) is 6.08 Å². The third-order valence-corrected chi connectivity index (χ3v) is 0.735. The summed E-state index contributed by atoms with van der Waals surface area (Å²) in [4.78, 5) is 20.3. The SMILES string of the molecule is C#CCNC(=O)/C=C/C(=O)[O-]. The van der Waals surface area contributed by atoms with Crippen LogP contribution >= 0.6 is 0 Å². The van der Waals surface area contributed by atoms with E-state index >= 15 is 0 Å². The van der Waals surface area contributed by atoms with Crippen molar-refractivity contribution in [1.82, 2.24) is 5.32 Å². The maximum absolute atomic E-state index is 10.5. The molecule has 1 amide bonds. The summed E-state index contributed by atoms with van der Waals surface area (Å²) < 4.78 is 0. The molecule has 0 aromatic rings. The standard InChI is InChI=1S/C7H7NO3/c1-2-5-8-6(9)3-4-7(10)11/h1,3-4H,5H2,(H,8,9)(H,10,11)/p-1/b4-3+. The van der Waals surface area contributed by atoms with Crippen LogP contribution in [0.25, 0.3) is 0 Å². The Labute approximate surface area is 63.9 Å². The zero-order valence-electron chi connectivity index (χ0n) is 5.66. The zero-order valence-corrected chi connectivity index (χ0v) is 5.66. The van der Waals surface area contributed by atoms with Gasteiger partial charge >= 0.3 is 0 Å². The van der Waals surface area contributed by atoms with Gasteiger partial charge in [0.15, 0.2) is 0 Å². The minimum Gasteiger partial charge on any atom is -0.545 e. The number of hydrogen-bond acceptors (Lipinski definition) is 3. The van der Waals surface area contributed by atoms with Gasteiger partial charge in [0, 0.05) is 6.08 Å². The number of nitrogens with one attached hydrogen (secondary N) is 1. The van der Waals surface area contributed by atoms with E-state index in [1.807, 2.05) is 0 Å². The van der Waals surface area contributed by atoms with Crippen LogP contribution in [0.2, 0.25) is 0 Å². The van der Waals surface area contributed by atoms with Crippen LogP contribution < -0.4 is 10.4 Å². The van der Waals surface area contributed by atoms with Crippen molar-refractivity contribution in [2.45, 2.75) is 0 Å². The number of aliphatic carboxylic acids is 1. The molecule has 0 aromatic heterocycles. The molecule has 0 rings (SSSR count). The fraction of sp³-hybridized carbons (Fsp3) is 0.143. The molecular formula is C7H6NO3-. The van der Waals surface area contributed by atoms with Gasteiger partial charge in [0.2, 0.25) is 5.91 Å². The monoisotopic (exact) mass is 152 g/mol. The van der Waals surface area contributed by atoms with Crippen molar-refractivity contribution < 1.29 is 14.7 Å². The summed E-state index contributed by atoms with van der Waals surface area (Å²) in [5.41, 5.74) is 0. The van der Waals surface area contributed by atoms with E-state index < -0.39 is 11.9 Å². The van der Waals surface area contributed by atoms with Crippen molar-refractivity contribution in [2.75, 3.05) is 6.54 Å². The van der Waals surface area contributed by atoms with Crippen LogP contribution in [0.5, 0.6) is 0 Å². The molecule has 0 atom stereocenters. The van der Waals surface area contributed by atoms with Crippen LogP contribution in [0.3, 0.4) is 0 Å². The maximum Gasteiger partial charge on any atom is 0.244 e. The van der Waals surface area contributed by atoms with Crippen LogP contribution in [0.15, 0.2) is 12.2 Å². The first-order valence-corrected chi connectivity index (χ1v) is 2.77. The Balaban J connectivity index is 3.71. The number of hydrogen-bond donors (Lipinski definition) is 1. The van der Waals surface area contributed by atoms with Gasteiger partial charge in [-0.25, -0.2) is 0 Å². The summed E-state index contributed by atoms with van der Waals surface area (Å²) in [5.74, 6) is 0.193. The molecule has 0 aromatic carbocycles. The normalized spacial score (nSPS) is 9.00. The van der Waals surface area contributed by atoms with Gasteiger partial charge in [0.05, 0.1) is 12.5 Å². The fourth-order valence-corrected chi connectivity index (χ4v) is 0.341. The van der Waals surface area contributed by atoms with Crippen molar-refractivity contribution in [2.24, 2.45) is 0 Å². The van der Waals surface area contributed by atoms with Gasteiger partial charge in [-0.3, -0.25) is 4.79 Å². The topological polar surface area (TPSA) is 69.2 Å². The smallest absolute Gasteiger partial charge is 0.244 e. The quantitative estimate of drug-likeness (QED) is 0.377. The number of rotatable bonds is 3. The molecule has 4 nitrogen and oxygen atoms in total. The summed E-state index contributed by atoms with van der Waals surface area (Å²) in [6, 6.07) is 0. The zero-order chi connectivity index (χ0) is 8.69. The van der Waals surface area contributed by atoms with Gasteiger partial charge in [0.1, 0.15) is 0 Å². The molecule has 11 heavy (non-hydrogen) atoms. The Morgan fingerprint density at radius 2 is 2.18 bits per heavy atom. The van der Waals surface area contributed by atoms with Gasteiger partial charge in [-0.1, -0.05) is 5.92 Å². The van der Waals surface area contributed by atoms with E-state index in [4.69, 9.17) is 6.42 Å². The molecule has 0 aliphatic carbocycles. The lowest BCUT2D eigenvalue weighted by atomic mass is 10.4. The van der Waals surface area contributed by atoms with Crippen LogP contribution in [-0.2, 0) is 9.59 Å². The highest BCUT2D eigenvalue weighted by atomic mass is 16.4. The summed E-state index contributed by atoms with van der Waals surface area (Å²) >= 11 is 0. The summed E-state index contributed by atoms with van der Waals surface area (Å²) in [7, 11) is 0. The highest BCUT2D eigenvalue weighted by Crippen LogP contribution is 1.70. The van der Waals surface area contributed by atoms with Crippen LogP contribution in [0.4, 0.5) is 0 Å². The molecule has 0 heterocycles. The molecule has 1 N–H and O–H groups in total. The third kappa shape index (κ3) is 6.12. The highest BCUT2D eigenvalue weighted by Gasteiger charge is 1.89. The average Bonchev–Trinajstić information content (AvgIpc) is 1.97. The molecule has 0 saturated carbocycles. The highest BCUT2D eigenvalue weighted by molar-refractivity contribution is 5.93. The second-order valence-corrected chi connectivity index (χ2v) is 1.57. The van der Waals surface area contributed by atoms with E-state index in [1.165, 1.54) is 0 Å². The first-order chi connectivity index (χ1) is 5.16. The first kappa shape index (κ1) is 9.24. The lowest BCUT2D eigenvalue weighted by Gasteiger charge is -1.93. The average molecular weight is 152 g/mol. The third-order valence-electron chi connectivity index (χ3n) is 0.735. The van der Waals surface area contributed by atoms with Crippen molar-refractivity contribution in [3.05, 3.63) is 12.2 Å². The Kier molecular flexibility index (Phi) is 4.25. The predicted octanol–water partition coefficient (Wildman–Crippen LogP) is -1.96. The maximum atomic E-state index is 10.5. The molecule has 0 aliphatic heterocycles. The molecule has 0 fully saturated rings. The number of terminal acetylenes is 1. The molecule has 0 unspecified atom stereocenters. The Morgan fingerprint density at radius 1 is 1.55 bits per heavy atom. The summed E-state index contributed by atoms with van der Waals surface area (Å²) in [6.07, 6.45) is 6.29. The lowest BCUT2D eigenvalue weighted by molar-refractivity contribution is -0.297. The summed E-state index contributed by atoms with van der Waals surface area (Å²) in [5, 5.41) is 12.0. The van der Waals surface area contributed by atoms with E-state index in [-0.39, 0.29) is 6.54 Å². The molecular weight excluding hydrogens is 146 g/mol. The van der Waals surface area contributed by atoms with Gasteiger partial charge in [-0.05, 0) is 6.08 Å². The van der Waals surface area contributed by atoms with Crippen LogP contribution in [0.1, 0.15) is 0 Å². The van der Waals surface area contributed by atoms with Gasteiger partial charge in [-0.2, -0.15) is 0 Å². The van der Waals surface area contributed by atoms with Crippen LogP contribution in [-0.4, -0.2) is 18.4 Å². The Bertz CT molecular complexity index is 224. The second kappa shape index (κ2) is 5.06. The predicted molar refractivity (Wildman–Crippen MR) is 36.0 cm³/mol.